The maximum absolute atomic E-state index is 13.9. The third kappa shape index (κ3) is 8.70. The van der Waals surface area contributed by atoms with Crippen molar-refractivity contribution in [1.29, 1.82) is 0 Å². The number of benzene rings is 3. The van der Waals surface area contributed by atoms with Crippen LogP contribution in [0.15, 0.2) is 83.8 Å². The van der Waals surface area contributed by atoms with Gasteiger partial charge in [0.05, 0.1) is 11.5 Å². The molecule has 0 aromatic heterocycles. The van der Waals surface area contributed by atoms with Crippen molar-refractivity contribution < 1.29 is 29.0 Å². The molecule has 0 bridgehead atoms. The van der Waals surface area contributed by atoms with Crippen LogP contribution in [0.5, 0.6) is 11.5 Å². The highest BCUT2D eigenvalue weighted by Crippen LogP contribution is 2.37. The normalized spacial score (nSPS) is 14.5. The third-order valence-corrected chi connectivity index (χ3v) is 8.17. The molecule has 230 valence electrons. The number of rotatable bonds is 15. The summed E-state index contributed by atoms with van der Waals surface area (Å²) in [5.41, 5.74) is 2.46. The first kappa shape index (κ1) is 32.8. The van der Waals surface area contributed by atoms with Crippen LogP contribution >= 0.6 is 24.0 Å². The number of hydrogen-bond acceptors (Lipinski definition) is 7. The quantitative estimate of drug-likeness (QED) is 0.153. The number of hydrogen-bond donors (Lipinski definition) is 1. The monoisotopic (exact) mass is 632 g/mol. The van der Waals surface area contributed by atoms with E-state index in [-0.39, 0.29) is 10.2 Å². The molecule has 1 atom stereocenters. The Bertz CT molecular complexity index is 1490. The van der Waals surface area contributed by atoms with Gasteiger partial charge in [-0.1, -0.05) is 105 Å². The Hall–Kier alpha value is -4.15. The fraction of sp³-hybridized carbons (Fsp3) is 0.294. The van der Waals surface area contributed by atoms with Gasteiger partial charge in [-0.2, -0.15) is 0 Å². The van der Waals surface area contributed by atoms with E-state index in [2.05, 4.69) is 0 Å². The maximum atomic E-state index is 13.9. The van der Waals surface area contributed by atoms with Crippen LogP contribution < -0.4 is 9.47 Å². The minimum Gasteiger partial charge on any atom is -0.489 e. The van der Waals surface area contributed by atoms with Crippen LogP contribution in [0, 0.1) is 0 Å². The topological polar surface area (TPSA) is 96.4 Å². The average molecular weight is 633 g/mol. The summed E-state index contributed by atoms with van der Waals surface area (Å²) >= 11 is 6.29. The molecule has 1 heterocycles. The Labute approximate surface area is 267 Å². The van der Waals surface area contributed by atoms with Gasteiger partial charge in [0, 0.05) is 25.1 Å². The lowest BCUT2D eigenvalue weighted by atomic mass is 10.1. The van der Waals surface area contributed by atoms with Gasteiger partial charge < -0.3 is 19.5 Å². The summed E-state index contributed by atoms with van der Waals surface area (Å²) in [5, 5.41) is 9.18. The van der Waals surface area contributed by atoms with E-state index in [0.29, 0.717) is 53.6 Å². The van der Waals surface area contributed by atoms with Crippen LogP contribution in [0.25, 0.3) is 6.08 Å². The van der Waals surface area contributed by atoms with Crippen molar-refractivity contribution in [3.63, 3.8) is 0 Å². The van der Waals surface area contributed by atoms with E-state index in [1.54, 1.807) is 24.3 Å². The Morgan fingerprint density at radius 1 is 0.977 bits per heavy atom. The number of carboxylic acids is 1. The number of aliphatic carboxylic acids is 1. The molecule has 1 aliphatic heterocycles. The number of nitrogens with zero attached hydrogens (tertiary/aromatic N) is 2. The Balaban J connectivity index is 1.69. The number of carboxylic acid groups (broad SMARTS) is 1. The van der Waals surface area contributed by atoms with E-state index in [0.717, 1.165) is 35.1 Å². The molecule has 10 heteroatoms. The molecule has 0 radical (unpaired) electrons. The molecule has 2 amide bonds. The molecule has 8 nitrogen and oxygen atoms in total. The van der Waals surface area contributed by atoms with Crippen molar-refractivity contribution in [3.05, 3.63) is 100 Å². The predicted octanol–water partition coefficient (Wildman–Crippen LogP) is 6.36. The first-order chi connectivity index (χ1) is 21.3. The van der Waals surface area contributed by atoms with Gasteiger partial charge in [0.15, 0.2) is 11.5 Å². The molecule has 0 saturated carbocycles. The summed E-state index contributed by atoms with van der Waals surface area (Å²) in [6.07, 6.45) is 3.03. The zero-order valence-electron chi connectivity index (χ0n) is 24.8. The number of thioether (sulfide) groups is 1. The lowest BCUT2D eigenvalue weighted by Crippen LogP contribution is -2.38. The number of amides is 2. The summed E-state index contributed by atoms with van der Waals surface area (Å²) in [5.74, 6) is -0.951. The van der Waals surface area contributed by atoms with Gasteiger partial charge in [0.25, 0.3) is 11.8 Å². The summed E-state index contributed by atoms with van der Waals surface area (Å²) in [6, 6.07) is 24.6. The second kappa shape index (κ2) is 16.1. The minimum absolute atomic E-state index is 0.143. The minimum atomic E-state index is -1.15. The van der Waals surface area contributed by atoms with Crippen molar-refractivity contribution in [2.75, 3.05) is 26.2 Å². The predicted molar refractivity (Wildman–Crippen MR) is 177 cm³/mol. The SMILES string of the molecule is CCCN(CCC)C(=O)C(Oc1cc(C=C2SC(=S)N(CC(=O)O)C2=O)ccc1OCCc1ccccc1)c1ccccc1. The van der Waals surface area contributed by atoms with E-state index < -0.39 is 24.5 Å². The maximum Gasteiger partial charge on any atom is 0.323 e. The molecule has 1 fully saturated rings. The van der Waals surface area contributed by atoms with Gasteiger partial charge in [-0.3, -0.25) is 19.3 Å². The summed E-state index contributed by atoms with van der Waals surface area (Å²) in [7, 11) is 0. The first-order valence-electron chi connectivity index (χ1n) is 14.6. The molecular formula is C34H36N2O6S2. The molecule has 1 aliphatic rings. The third-order valence-electron chi connectivity index (χ3n) is 6.79. The van der Waals surface area contributed by atoms with Gasteiger partial charge in [0.1, 0.15) is 10.9 Å². The Morgan fingerprint density at radius 3 is 2.27 bits per heavy atom. The number of thiocarbonyl (C=S) groups is 1. The molecule has 1 N–H and O–H groups in total. The fourth-order valence-corrected chi connectivity index (χ4v) is 5.98. The first-order valence-corrected chi connectivity index (χ1v) is 15.8. The van der Waals surface area contributed by atoms with Gasteiger partial charge in [0.2, 0.25) is 6.10 Å². The van der Waals surface area contributed by atoms with Crippen molar-refractivity contribution in [1.82, 2.24) is 9.80 Å². The molecule has 3 aromatic carbocycles. The van der Waals surface area contributed by atoms with Crippen molar-refractivity contribution in [2.45, 2.75) is 39.2 Å². The van der Waals surface area contributed by atoms with E-state index in [4.69, 9.17) is 21.7 Å². The van der Waals surface area contributed by atoms with Crippen LogP contribution in [0.2, 0.25) is 0 Å². The summed E-state index contributed by atoms with van der Waals surface area (Å²) in [4.78, 5) is 41.3. The van der Waals surface area contributed by atoms with Crippen molar-refractivity contribution in [3.8, 4) is 11.5 Å². The molecule has 1 saturated heterocycles. The number of carbonyl (C=O) groups excluding carboxylic acids is 2. The van der Waals surface area contributed by atoms with Crippen molar-refractivity contribution in [2.24, 2.45) is 0 Å². The van der Waals surface area contributed by atoms with E-state index >= 15 is 0 Å². The molecule has 1 unspecified atom stereocenters. The highest BCUT2D eigenvalue weighted by atomic mass is 32.2. The zero-order chi connectivity index (χ0) is 31.5. The van der Waals surface area contributed by atoms with Crippen LogP contribution in [-0.4, -0.2) is 63.3 Å². The zero-order valence-corrected chi connectivity index (χ0v) is 26.4. The molecule has 44 heavy (non-hydrogen) atoms. The average Bonchev–Trinajstić information content (AvgIpc) is 3.28. The van der Waals surface area contributed by atoms with Gasteiger partial charge in [-0.15, -0.1) is 0 Å². The van der Waals surface area contributed by atoms with Crippen LogP contribution in [0.4, 0.5) is 0 Å². The molecule has 3 aromatic rings. The lowest BCUT2D eigenvalue weighted by molar-refractivity contribution is -0.140. The van der Waals surface area contributed by atoms with Gasteiger partial charge >= 0.3 is 5.97 Å². The highest BCUT2D eigenvalue weighted by Gasteiger charge is 2.33. The smallest absolute Gasteiger partial charge is 0.323 e. The molecule has 0 aliphatic carbocycles. The Kier molecular flexibility index (Phi) is 12.0. The second-order valence-electron chi connectivity index (χ2n) is 10.2. The lowest BCUT2D eigenvalue weighted by Gasteiger charge is -2.28. The molecule has 0 spiro atoms. The molecule has 4 rings (SSSR count). The van der Waals surface area contributed by atoms with Crippen molar-refractivity contribution >= 4 is 52.2 Å². The standard InChI is InChI=1S/C34H36N2O6S2/c1-3-18-35(19-4-2)33(40)31(26-13-9-6-10-14-26)42-28-21-25(22-29-32(39)36(23-30(37)38)34(43)44-29)15-16-27(28)41-20-17-24-11-7-5-8-12-24/h5-16,21-22,31H,3-4,17-20,23H2,1-2H3,(H,37,38). The van der Waals surface area contributed by atoms with E-state index in [1.165, 1.54) is 0 Å². The van der Waals surface area contributed by atoms with Gasteiger partial charge in [-0.25, -0.2) is 0 Å². The Morgan fingerprint density at radius 2 is 1.64 bits per heavy atom. The van der Waals surface area contributed by atoms with Crippen LogP contribution in [0.1, 0.15) is 49.5 Å². The van der Waals surface area contributed by atoms with Crippen LogP contribution in [-0.2, 0) is 20.8 Å². The summed E-state index contributed by atoms with van der Waals surface area (Å²) < 4.78 is 12.9. The summed E-state index contributed by atoms with van der Waals surface area (Å²) in [6.45, 7) is 5.17. The van der Waals surface area contributed by atoms with Gasteiger partial charge in [-0.05, 0) is 42.2 Å². The number of ether oxygens (including phenoxy) is 2. The second-order valence-corrected chi connectivity index (χ2v) is 11.9. The van der Waals surface area contributed by atoms with E-state index in [1.807, 2.05) is 79.4 Å². The highest BCUT2D eigenvalue weighted by molar-refractivity contribution is 8.26. The fourth-order valence-electron chi connectivity index (χ4n) is 4.73. The molecular weight excluding hydrogens is 597 g/mol. The van der Waals surface area contributed by atoms with E-state index in [9.17, 15) is 19.5 Å². The number of carbonyl (C=O) groups is 3. The largest absolute Gasteiger partial charge is 0.489 e. The van der Waals surface area contributed by atoms with Crippen LogP contribution in [0.3, 0.4) is 0 Å².